The fraction of sp³-hybridized carbons (Fsp3) is 0.176. The Morgan fingerprint density at radius 1 is 1.16 bits per heavy atom. The number of benzene rings is 2. The first-order chi connectivity index (χ1) is 11.9. The van der Waals surface area contributed by atoms with Crippen LogP contribution in [0.2, 0.25) is 10.0 Å². The van der Waals surface area contributed by atoms with Gasteiger partial charge in [0.05, 0.1) is 21.7 Å². The van der Waals surface area contributed by atoms with Crippen molar-refractivity contribution in [2.45, 2.75) is 6.42 Å². The molecule has 2 aromatic rings. The summed E-state index contributed by atoms with van der Waals surface area (Å²) in [5.74, 6) is -3.44. The maximum atomic E-state index is 13.4. The Kier molecular flexibility index (Phi) is 4.92. The van der Waals surface area contributed by atoms with E-state index >= 15 is 0 Å². The Bertz CT molecular complexity index is 861. The molecular weight excluding hydrogens is 373 g/mol. The molecule has 0 aromatic heterocycles. The van der Waals surface area contributed by atoms with E-state index in [1.54, 1.807) is 18.2 Å². The fourth-order valence-corrected chi connectivity index (χ4v) is 2.97. The highest BCUT2D eigenvalue weighted by Gasteiger charge is 2.35. The molecule has 8 heteroatoms. The van der Waals surface area contributed by atoms with Crippen LogP contribution in [0.15, 0.2) is 36.4 Å². The van der Waals surface area contributed by atoms with Crippen LogP contribution < -0.4 is 10.2 Å². The average molecular weight is 385 g/mol. The summed E-state index contributed by atoms with van der Waals surface area (Å²) in [6.07, 6.45) is -0.0387. The SMILES string of the molecule is O=C(Nc1cccc(Cl)c1Cl)C1CC(=O)N(c2ccc(F)c(F)c2)C1. The number of hydrogen-bond donors (Lipinski definition) is 1. The van der Waals surface area contributed by atoms with E-state index in [0.29, 0.717) is 10.7 Å². The minimum absolute atomic E-state index is 0.0387. The zero-order valence-corrected chi connectivity index (χ0v) is 14.2. The summed E-state index contributed by atoms with van der Waals surface area (Å²) in [6, 6.07) is 7.99. The van der Waals surface area contributed by atoms with Crippen LogP contribution in [-0.4, -0.2) is 18.4 Å². The van der Waals surface area contributed by atoms with Crippen LogP contribution in [0, 0.1) is 17.6 Å². The summed E-state index contributed by atoms with van der Waals surface area (Å²) in [5.41, 5.74) is 0.554. The summed E-state index contributed by atoms with van der Waals surface area (Å²) < 4.78 is 26.4. The molecule has 2 aromatic carbocycles. The molecule has 0 bridgehead atoms. The molecule has 4 nitrogen and oxygen atoms in total. The van der Waals surface area contributed by atoms with Gasteiger partial charge in [-0.1, -0.05) is 29.3 Å². The number of carbonyl (C=O) groups is 2. The third kappa shape index (κ3) is 3.60. The second kappa shape index (κ2) is 6.98. The lowest BCUT2D eigenvalue weighted by atomic mass is 10.1. The second-order valence-corrected chi connectivity index (χ2v) is 6.38. The van der Waals surface area contributed by atoms with E-state index < -0.39 is 23.5 Å². The molecule has 1 aliphatic heterocycles. The molecule has 1 heterocycles. The molecule has 1 unspecified atom stereocenters. The number of halogens is 4. The van der Waals surface area contributed by atoms with E-state index in [1.807, 2.05) is 0 Å². The van der Waals surface area contributed by atoms with Crippen molar-refractivity contribution in [3.8, 4) is 0 Å². The molecule has 1 saturated heterocycles. The molecule has 25 heavy (non-hydrogen) atoms. The predicted molar refractivity (Wildman–Crippen MR) is 91.9 cm³/mol. The number of amides is 2. The monoisotopic (exact) mass is 384 g/mol. The highest BCUT2D eigenvalue weighted by Crippen LogP contribution is 2.31. The lowest BCUT2D eigenvalue weighted by molar-refractivity contribution is -0.122. The van der Waals surface area contributed by atoms with Crippen LogP contribution in [0.5, 0.6) is 0 Å². The predicted octanol–water partition coefficient (Wildman–Crippen LogP) is 4.26. The Hall–Kier alpha value is -2.18. The van der Waals surface area contributed by atoms with Gasteiger partial charge in [0.25, 0.3) is 0 Å². The minimum atomic E-state index is -1.05. The number of nitrogens with one attached hydrogen (secondary N) is 1. The van der Waals surface area contributed by atoms with Gasteiger partial charge in [-0.25, -0.2) is 8.78 Å². The topological polar surface area (TPSA) is 49.4 Å². The number of carbonyl (C=O) groups excluding carboxylic acids is 2. The molecule has 1 fully saturated rings. The van der Waals surface area contributed by atoms with Gasteiger partial charge < -0.3 is 10.2 Å². The zero-order valence-electron chi connectivity index (χ0n) is 12.7. The van der Waals surface area contributed by atoms with Crippen molar-refractivity contribution in [1.29, 1.82) is 0 Å². The summed E-state index contributed by atoms with van der Waals surface area (Å²) >= 11 is 11.9. The summed E-state index contributed by atoms with van der Waals surface area (Å²) in [5, 5.41) is 3.14. The van der Waals surface area contributed by atoms with E-state index in [0.717, 1.165) is 12.1 Å². The van der Waals surface area contributed by atoms with Crippen LogP contribution >= 0.6 is 23.2 Å². The number of rotatable bonds is 3. The molecule has 1 atom stereocenters. The number of nitrogens with zero attached hydrogens (tertiary/aromatic N) is 1. The molecule has 0 spiro atoms. The minimum Gasteiger partial charge on any atom is -0.324 e. The van der Waals surface area contributed by atoms with Crippen molar-refractivity contribution >= 4 is 46.4 Å². The van der Waals surface area contributed by atoms with Crippen LogP contribution in [0.3, 0.4) is 0 Å². The Labute approximate surface area is 152 Å². The second-order valence-electron chi connectivity index (χ2n) is 5.59. The number of anilines is 2. The van der Waals surface area contributed by atoms with Crippen molar-refractivity contribution in [1.82, 2.24) is 0 Å². The van der Waals surface area contributed by atoms with Crippen LogP contribution in [-0.2, 0) is 9.59 Å². The van der Waals surface area contributed by atoms with Gasteiger partial charge in [0.1, 0.15) is 0 Å². The molecular formula is C17H12Cl2F2N2O2. The van der Waals surface area contributed by atoms with Gasteiger partial charge in [0.2, 0.25) is 11.8 Å². The molecule has 0 radical (unpaired) electrons. The van der Waals surface area contributed by atoms with E-state index in [4.69, 9.17) is 23.2 Å². The molecule has 3 rings (SSSR count). The summed E-state index contributed by atoms with van der Waals surface area (Å²) in [6.45, 7) is 0.0634. The third-order valence-corrected chi connectivity index (χ3v) is 4.74. The average Bonchev–Trinajstić information content (AvgIpc) is 2.96. The van der Waals surface area contributed by atoms with Crippen LogP contribution in [0.1, 0.15) is 6.42 Å². The maximum Gasteiger partial charge on any atom is 0.229 e. The van der Waals surface area contributed by atoms with E-state index in [2.05, 4.69) is 5.32 Å². The molecule has 130 valence electrons. The van der Waals surface area contributed by atoms with E-state index in [9.17, 15) is 18.4 Å². The molecule has 0 saturated carbocycles. The Morgan fingerprint density at radius 3 is 2.64 bits per heavy atom. The molecule has 1 N–H and O–H groups in total. The normalized spacial score (nSPS) is 17.0. The van der Waals surface area contributed by atoms with Crippen LogP contribution in [0.25, 0.3) is 0 Å². The van der Waals surface area contributed by atoms with E-state index in [-0.39, 0.29) is 29.6 Å². The standard InChI is InChI=1S/C17H12Cl2F2N2O2/c18-11-2-1-3-14(16(11)19)22-17(25)9-6-15(24)23(8-9)10-4-5-12(20)13(21)7-10/h1-5,7,9H,6,8H2,(H,22,25). The first kappa shape index (κ1) is 17.6. The van der Waals surface area contributed by atoms with Gasteiger partial charge in [-0.2, -0.15) is 0 Å². The van der Waals surface area contributed by atoms with Crippen molar-refractivity contribution < 1.29 is 18.4 Å². The van der Waals surface area contributed by atoms with Gasteiger partial charge in [0.15, 0.2) is 11.6 Å². The molecule has 0 aliphatic carbocycles. The summed E-state index contributed by atoms with van der Waals surface area (Å²) in [4.78, 5) is 25.8. The van der Waals surface area contributed by atoms with Gasteiger partial charge in [-0.15, -0.1) is 0 Å². The first-order valence-corrected chi connectivity index (χ1v) is 8.12. The molecule has 2 amide bonds. The van der Waals surface area contributed by atoms with Crippen molar-refractivity contribution in [2.24, 2.45) is 5.92 Å². The van der Waals surface area contributed by atoms with E-state index in [1.165, 1.54) is 11.0 Å². The lowest BCUT2D eigenvalue weighted by Crippen LogP contribution is -2.28. The van der Waals surface area contributed by atoms with Gasteiger partial charge in [0, 0.05) is 24.7 Å². The summed E-state index contributed by atoms with van der Waals surface area (Å²) in [7, 11) is 0. The highest BCUT2D eigenvalue weighted by atomic mass is 35.5. The van der Waals surface area contributed by atoms with Crippen molar-refractivity contribution in [3.63, 3.8) is 0 Å². The Morgan fingerprint density at radius 2 is 1.92 bits per heavy atom. The molecule has 1 aliphatic rings. The fourth-order valence-electron chi connectivity index (χ4n) is 2.62. The van der Waals surface area contributed by atoms with Gasteiger partial charge >= 0.3 is 0 Å². The Balaban J connectivity index is 1.74. The lowest BCUT2D eigenvalue weighted by Gasteiger charge is -2.17. The third-order valence-electron chi connectivity index (χ3n) is 3.92. The van der Waals surface area contributed by atoms with Gasteiger partial charge in [-0.05, 0) is 24.3 Å². The quantitative estimate of drug-likeness (QED) is 0.858. The van der Waals surface area contributed by atoms with Crippen molar-refractivity contribution in [3.05, 3.63) is 58.1 Å². The largest absolute Gasteiger partial charge is 0.324 e. The highest BCUT2D eigenvalue weighted by molar-refractivity contribution is 6.44. The maximum absolute atomic E-state index is 13.4. The van der Waals surface area contributed by atoms with Gasteiger partial charge in [-0.3, -0.25) is 9.59 Å². The number of hydrogen-bond acceptors (Lipinski definition) is 2. The van der Waals surface area contributed by atoms with Crippen molar-refractivity contribution in [2.75, 3.05) is 16.8 Å². The smallest absolute Gasteiger partial charge is 0.229 e. The van der Waals surface area contributed by atoms with Crippen LogP contribution in [0.4, 0.5) is 20.2 Å². The first-order valence-electron chi connectivity index (χ1n) is 7.37. The zero-order chi connectivity index (χ0) is 18.1.